The Morgan fingerprint density at radius 3 is 2.70 bits per heavy atom. The van der Waals surface area contributed by atoms with Gasteiger partial charge in [0.15, 0.2) is 0 Å². The zero-order valence-corrected chi connectivity index (χ0v) is 12.3. The van der Waals surface area contributed by atoms with E-state index in [2.05, 4.69) is 9.97 Å². The van der Waals surface area contributed by atoms with Gasteiger partial charge in [0.2, 0.25) is 11.2 Å². The van der Waals surface area contributed by atoms with Crippen molar-refractivity contribution >= 4 is 23.2 Å². The molecule has 4 nitrogen and oxygen atoms in total. The summed E-state index contributed by atoms with van der Waals surface area (Å²) in [5.41, 5.74) is 3.15. The molecular formula is C15H14ClN3O. The molecule has 0 N–H and O–H groups in total. The van der Waals surface area contributed by atoms with Crippen molar-refractivity contribution in [2.45, 2.75) is 19.3 Å². The van der Waals surface area contributed by atoms with Crippen LogP contribution in [0.3, 0.4) is 0 Å². The summed E-state index contributed by atoms with van der Waals surface area (Å²) in [5, 5.41) is 0.216. The topological polar surface area (TPSA) is 46.1 Å². The number of nitrogens with zero attached hydrogens (tertiary/aromatic N) is 3. The number of benzene rings is 1. The van der Waals surface area contributed by atoms with Crippen LogP contribution in [-0.2, 0) is 10.2 Å². The molecule has 0 saturated carbocycles. The summed E-state index contributed by atoms with van der Waals surface area (Å²) in [6.07, 6.45) is 1.62. The molecule has 0 saturated heterocycles. The third kappa shape index (κ3) is 1.79. The van der Waals surface area contributed by atoms with Gasteiger partial charge in [-0.05, 0) is 43.1 Å². The second kappa shape index (κ2) is 4.28. The van der Waals surface area contributed by atoms with Gasteiger partial charge in [-0.15, -0.1) is 0 Å². The molecule has 0 bridgehead atoms. The van der Waals surface area contributed by atoms with E-state index in [9.17, 15) is 4.79 Å². The van der Waals surface area contributed by atoms with E-state index < -0.39 is 5.41 Å². The highest BCUT2D eigenvalue weighted by molar-refractivity contribution is 6.28. The van der Waals surface area contributed by atoms with Crippen LogP contribution in [0.25, 0.3) is 11.3 Å². The molecule has 1 aliphatic heterocycles. The van der Waals surface area contributed by atoms with Crippen molar-refractivity contribution in [3.63, 3.8) is 0 Å². The lowest BCUT2D eigenvalue weighted by atomic mass is 9.86. The minimum Gasteiger partial charge on any atom is -0.314 e. The fourth-order valence-electron chi connectivity index (χ4n) is 2.64. The highest BCUT2D eigenvalue weighted by Crippen LogP contribution is 2.42. The molecule has 2 aromatic rings. The van der Waals surface area contributed by atoms with E-state index in [-0.39, 0.29) is 11.2 Å². The third-order valence-corrected chi connectivity index (χ3v) is 3.98. The Morgan fingerprint density at radius 1 is 1.25 bits per heavy atom. The van der Waals surface area contributed by atoms with Crippen LogP contribution in [0, 0.1) is 0 Å². The van der Waals surface area contributed by atoms with E-state index in [1.165, 1.54) is 0 Å². The Kier molecular flexibility index (Phi) is 2.80. The van der Waals surface area contributed by atoms with Gasteiger partial charge in [0.05, 0.1) is 11.1 Å². The number of anilines is 1. The predicted molar refractivity (Wildman–Crippen MR) is 78.9 cm³/mol. The first kappa shape index (κ1) is 13.1. The van der Waals surface area contributed by atoms with E-state index in [0.29, 0.717) is 0 Å². The van der Waals surface area contributed by atoms with Gasteiger partial charge >= 0.3 is 0 Å². The average molecular weight is 288 g/mol. The highest BCUT2D eigenvalue weighted by atomic mass is 35.5. The molecule has 0 aliphatic carbocycles. The number of aromatic nitrogens is 2. The third-order valence-electron chi connectivity index (χ3n) is 3.79. The van der Waals surface area contributed by atoms with Crippen molar-refractivity contribution in [3.05, 3.63) is 41.3 Å². The Morgan fingerprint density at radius 2 is 2.00 bits per heavy atom. The summed E-state index contributed by atoms with van der Waals surface area (Å²) in [4.78, 5) is 22.0. The lowest BCUT2D eigenvalue weighted by Gasteiger charge is -2.16. The van der Waals surface area contributed by atoms with Gasteiger partial charge in [-0.2, -0.15) is 0 Å². The number of halogens is 1. The smallest absolute Gasteiger partial charge is 0.236 e. The lowest BCUT2D eigenvalue weighted by Crippen LogP contribution is -2.33. The Balaban J connectivity index is 2.14. The monoisotopic (exact) mass is 287 g/mol. The highest BCUT2D eigenvalue weighted by Gasteiger charge is 2.42. The predicted octanol–water partition coefficient (Wildman–Crippen LogP) is 3.05. The molecule has 1 aromatic carbocycles. The standard InChI is InChI=1S/C15H14ClN3O/c1-15(2)10-5-4-9(8-12(10)19(3)13(15)20)11-6-7-17-14(16)18-11/h4-8H,1-3H3. The van der Waals surface area contributed by atoms with Crippen LogP contribution in [0.1, 0.15) is 19.4 Å². The normalized spacial score (nSPS) is 16.4. The lowest BCUT2D eigenvalue weighted by molar-refractivity contribution is -0.121. The van der Waals surface area contributed by atoms with Gasteiger partial charge in [-0.25, -0.2) is 9.97 Å². The molecule has 2 heterocycles. The minimum absolute atomic E-state index is 0.102. The van der Waals surface area contributed by atoms with Gasteiger partial charge in [0, 0.05) is 24.5 Å². The molecule has 0 radical (unpaired) electrons. The number of carbonyl (C=O) groups excluding carboxylic acids is 1. The van der Waals surface area contributed by atoms with E-state index in [1.54, 1.807) is 24.2 Å². The Bertz CT molecular complexity index is 712. The summed E-state index contributed by atoms with van der Waals surface area (Å²) < 4.78 is 0. The van der Waals surface area contributed by atoms with Crippen LogP contribution in [0.4, 0.5) is 5.69 Å². The van der Waals surface area contributed by atoms with Crippen molar-refractivity contribution in [3.8, 4) is 11.3 Å². The number of rotatable bonds is 1. The summed E-state index contributed by atoms with van der Waals surface area (Å²) >= 11 is 5.82. The van der Waals surface area contributed by atoms with Gasteiger partial charge in [-0.3, -0.25) is 4.79 Å². The summed E-state index contributed by atoms with van der Waals surface area (Å²) in [6.45, 7) is 3.89. The number of fused-ring (bicyclic) bond motifs is 1. The summed E-state index contributed by atoms with van der Waals surface area (Å²) in [7, 11) is 1.80. The zero-order valence-electron chi connectivity index (χ0n) is 11.5. The van der Waals surface area contributed by atoms with Gasteiger partial charge in [0.25, 0.3) is 0 Å². The first-order valence-corrected chi connectivity index (χ1v) is 6.70. The maximum atomic E-state index is 12.3. The van der Waals surface area contributed by atoms with E-state index in [1.807, 2.05) is 32.0 Å². The maximum absolute atomic E-state index is 12.3. The molecule has 0 fully saturated rings. The van der Waals surface area contributed by atoms with Gasteiger partial charge < -0.3 is 4.90 Å². The van der Waals surface area contributed by atoms with Crippen LogP contribution in [0.15, 0.2) is 30.5 Å². The molecule has 0 atom stereocenters. The Hall–Kier alpha value is -1.94. The van der Waals surface area contributed by atoms with E-state index in [0.717, 1.165) is 22.5 Å². The number of hydrogen-bond acceptors (Lipinski definition) is 3. The van der Waals surface area contributed by atoms with E-state index >= 15 is 0 Å². The number of amides is 1. The maximum Gasteiger partial charge on any atom is 0.236 e. The summed E-state index contributed by atoms with van der Waals surface area (Å²) in [6, 6.07) is 7.73. The van der Waals surface area contributed by atoms with Crippen molar-refractivity contribution in [2.75, 3.05) is 11.9 Å². The van der Waals surface area contributed by atoms with Crippen LogP contribution >= 0.6 is 11.6 Å². The van der Waals surface area contributed by atoms with Gasteiger partial charge in [0.1, 0.15) is 0 Å². The quantitative estimate of drug-likeness (QED) is 0.757. The van der Waals surface area contributed by atoms with Crippen molar-refractivity contribution in [1.82, 2.24) is 9.97 Å². The van der Waals surface area contributed by atoms with Crippen molar-refractivity contribution in [2.24, 2.45) is 0 Å². The fraction of sp³-hybridized carbons (Fsp3) is 0.267. The number of carbonyl (C=O) groups is 1. The number of hydrogen-bond donors (Lipinski definition) is 0. The molecule has 5 heteroatoms. The fourth-order valence-corrected chi connectivity index (χ4v) is 2.78. The summed E-state index contributed by atoms with van der Waals surface area (Å²) in [5.74, 6) is 0.102. The molecular weight excluding hydrogens is 274 g/mol. The first-order chi connectivity index (χ1) is 9.41. The second-order valence-electron chi connectivity index (χ2n) is 5.43. The Labute approximate surface area is 122 Å². The molecule has 20 heavy (non-hydrogen) atoms. The average Bonchev–Trinajstić information content (AvgIpc) is 2.60. The molecule has 1 aliphatic rings. The molecule has 0 unspecified atom stereocenters. The van der Waals surface area contributed by atoms with Gasteiger partial charge in [-0.1, -0.05) is 12.1 Å². The number of likely N-dealkylation sites (N-methyl/N-ethyl adjacent to an activating group) is 1. The molecule has 3 rings (SSSR count). The van der Waals surface area contributed by atoms with Crippen LogP contribution in [0.2, 0.25) is 5.28 Å². The van der Waals surface area contributed by atoms with E-state index in [4.69, 9.17) is 11.6 Å². The molecule has 1 aromatic heterocycles. The SMILES string of the molecule is CN1C(=O)C(C)(C)c2ccc(-c3ccnc(Cl)n3)cc21. The minimum atomic E-state index is -0.480. The van der Waals surface area contributed by atoms with Crippen LogP contribution in [0.5, 0.6) is 0 Å². The molecule has 0 spiro atoms. The molecule has 1 amide bonds. The molecule has 102 valence electrons. The van der Waals surface area contributed by atoms with Crippen LogP contribution in [-0.4, -0.2) is 22.9 Å². The zero-order chi connectivity index (χ0) is 14.5. The second-order valence-corrected chi connectivity index (χ2v) is 5.77. The first-order valence-electron chi connectivity index (χ1n) is 6.33. The van der Waals surface area contributed by atoms with Crippen molar-refractivity contribution in [1.29, 1.82) is 0 Å². The largest absolute Gasteiger partial charge is 0.314 e. The van der Waals surface area contributed by atoms with Crippen molar-refractivity contribution < 1.29 is 4.79 Å². The van der Waals surface area contributed by atoms with Crippen LogP contribution < -0.4 is 4.90 Å².